The average molecular weight is 753 g/mol. The monoisotopic (exact) mass is 753 g/mol. The Morgan fingerprint density at radius 1 is 0.705 bits per heavy atom. The van der Waals surface area contributed by atoms with Gasteiger partial charge in [0, 0.05) is 49.5 Å². The number of aryl methyl sites for hydroxylation is 1. The van der Waals surface area contributed by atoms with E-state index in [4.69, 9.17) is 9.40 Å². The molecule has 7 rings (SSSR count). The van der Waals surface area contributed by atoms with Crippen LogP contribution >= 0.6 is 0 Å². The van der Waals surface area contributed by atoms with Crippen LogP contribution in [0.3, 0.4) is 0 Å². The number of imidazole rings is 1. The van der Waals surface area contributed by atoms with Gasteiger partial charge in [0.25, 0.3) is 0 Å². The maximum atomic E-state index is 6.05. The minimum absolute atomic E-state index is 0. The molecule has 4 nitrogen and oxygen atoms in total. The van der Waals surface area contributed by atoms with Gasteiger partial charge in [0.05, 0.1) is 16.9 Å². The number of pyridine rings is 1. The molecule has 0 bridgehead atoms. The van der Waals surface area contributed by atoms with Gasteiger partial charge in [0.2, 0.25) is 0 Å². The third kappa shape index (κ3) is 5.21. The van der Waals surface area contributed by atoms with E-state index in [-0.39, 0.29) is 31.9 Å². The van der Waals surface area contributed by atoms with E-state index in [2.05, 4.69) is 128 Å². The topological polar surface area (TPSA) is 43.9 Å². The van der Waals surface area contributed by atoms with Gasteiger partial charge in [-0.3, -0.25) is 9.97 Å². The standard InChI is InChI=1S/C39H34N3O.Ir/c1-24(2)31-21-30(27-11-7-6-8-12-27)22-32(25(3)4)38(31)42-36-14-10-9-13-35(36)41-39(42)34-23-43-37-16-15-28(20-33(34)37)29-17-18-40-26(5)19-29;/h6-22,24-25H,1-5H3;/q-1;. The van der Waals surface area contributed by atoms with Crippen LogP contribution in [0.5, 0.6) is 0 Å². The summed E-state index contributed by atoms with van der Waals surface area (Å²) >= 11 is 0. The molecule has 3 aromatic heterocycles. The maximum absolute atomic E-state index is 6.05. The largest absolute Gasteiger partial charge is 0.557 e. The molecule has 0 fully saturated rings. The van der Waals surface area contributed by atoms with Crippen molar-refractivity contribution in [1.29, 1.82) is 0 Å². The van der Waals surface area contributed by atoms with Crippen LogP contribution in [0.25, 0.3) is 61.3 Å². The normalized spacial score (nSPS) is 11.5. The number of fused-ring (bicyclic) bond motifs is 2. The van der Waals surface area contributed by atoms with Gasteiger partial charge in [-0.2, -0.15) is 0 Å². The van der Waals surface area contributed by atoms with Crippen LogP contribution < -0.4 is 0 Å². The summed E-state index contributed by atoms with van der Waals surface area (Å²) < 4.78 is 8.39. The van der Waals surface area contributed by atoms with E-state index >= 15 is 0 Å². The molecule has 7 aromatic rings. The maximum Gasteiger partial charge on any atom is 0.0774 e. The van der Waals surface area contributed by atoms with Gasteiger partial charge >= 0.3 is 0 Å². The molecule has 0 aliphatic heterocycles. The first-order valence-corrected chi connectivity index (χ1v) is 15.0. The Balaban J connectivity index is 0.00000343. The second-order valence-electron chi connectivity index (χ2n) is 11.9. The molecule has 44 heavy (non-hydrogen) atoms. The summed E-state index contributed by atoms with van der Waals surface area (Å²) in [5.74, 6) is 1.41. The van der Waals surface area contributed by atoms with Crippen molar-refractivity contribution in [2.24, 2.45) is 0 Å². The first-order valence-electron chi connectivity index (χ1n) is 15.0. The molecular formula is C39H34IrN3O-. The fraction of sp³-hybridized carbons (Fsp3) is 0.179. The fourth-order valence-electron chi connectivity index (χ4n) is 6.08. The van der Waals surface area contributed by atoms with Crippen LogP contribution in [0.4, 0.5) is 0 Å². The Labute approximate surface area is 272 Å². The van der Waals surface area contributed by atoms with Crippen LogP contribution in [-0.4, -0.2) is 14.5 Å². The Hall–Kier alpha value is -4.31. The van der Waals surface area contributed by atoms with Crippen molar-refractivity contribution in [2.75, 3.05) is 0 Å². The Kier molecular flexibility index (Phi) is 8.11. The number of para-hydroxylation sites is 2. The van der Waals surface area contributed by atoms with Crippen LogP contribution in [0, 0.1) is 13.2 Å². The second-order valence-corrected chi connectivity index (χ2v) is 11.9. The Bertz CT molecular complexity index is 2070. The molecular weight excluding hydrogens is 719 g/mol. The van der Waals surface area contributed by atoms with Gasteiger partial charge in [-0.25, -0.2) is 0 Å². The third-order valence-electron chi connectivity index (χ3n) is 8.27. The smallest absolute Gasteiger partial charge is 0.0774 e. The van der Waals surface area contributed by atoms with Crippen molar-refractivity contribution in [3.8, 4) is 39.3 Å². The molecule has 5 heteroatoms. The molecule has 0 atom stereocenters. The first kappa shape index (κ1) is 29.7. The second kappa shape index (κ2) is 12.0. The van der Waals surface area contributed by atoms with Crippen molar-refractivity contribution in [3.05, 3.63) is 126 Å². The van der Waals surface area contributed by atoms with Crippen LogP contribution in [0.15, 0.2) is 108 Å². The molecule has 0 aliphatic rings. The van der Waals surface area contributed by atoms with Crippen LogP contribution in [-0.2, 0) is 20.1 Å². The molecule has 0 spiro atoms. The predicted molar refractivity (Wildman–Crippen MR) is 177 cm³/mol. The number of rotatable bonds is 6. The first-order chi connectivity index (χ1) is 20.9. The number of benzene rings is 4. The molecule has 1 radical (unpaired) electrons. The van der Waals surface area contributed by atoms with Crippen molar-refractivity contribution in [3.63, 3.8) is 0 Å². The molecule has 4 aromatic carbocycles. The molecule has 0 aliphatic carbocycles. The van der Waals surface area contributed by atoms with E-state index in [9.17, 15) is 0 Å². The molecule has 0 saturated heterocycles. The van der Waals surface area contributed by atoms with Crippen LogP contribution in [0.2, 0.25) is 0 Å². The quantitative estimate of drug-likeness (QED) is 0.159. The van der Waals surface area contributed by atoms with E-state index in [1.807, 2.05) is 25.3 Å². The molecule has 221 valence electrons. The third-order valence-corrected chi connectivity index (χ3v) is 8.27. The molecule has 3 heterocycles. The van der Waals surface area contributed by atoms with E-state index in [0.29, 0.717) is 0 Å². The zero-order valence-corrected chi connectivity index (χ0v) is 27.9. The summed E-state index contributed by atoms with van der Waals surface area (Å²) in [6.07, 6.45) is 5.11. The predicted octanol–water partition coefficient (Wildman–Crippen LogP) is 10.5. The van der Waals surface area contributed by atoms with E-state index in [0.717, 1.165) is 50.2 Å². The van der Waals surface area contributed by atoms with Gasteiger partial charge < -0.3 is 8.98 Å². The number of nitrogens with zero attached hydrogens (tertiary/aromatic N) is 3. The summed E-state index contributed by atoms with van der Waals surface area (Å²) in [5, 5.41) is 0.988. The summed E-state index contributed by atoms with van der Waals surface area (Å²) in [7, 11) is 0. The summed E-state index contributed by atoms with van der Waals surface area (Å²) in [6, 6.07) is 34.3. The SMILES string of the molecule is Cc1cc(-c2ccc3o[c-]c(-c4nc5ccccc5n4-c4c(C(C)C)cc(-c5ccccc5)cc4C(C)C)c3c2)ccn1.[Ir]. The Morgan fingerprint density at radius 3 is 2.09 bits per heavy atom. The van der Waals surface area contributed by atoms with Gasteiger partial charge in [-0.05, 0) is 88.5 Å². The molecule has 0 unspecified atom stereocenters. The molecule has 0 amide bonds. The van der Waals surface area contributed by atoms with Crippen molar-refractivity contribution in [1.82, 2.24) is 14.5 Å². The zero-order valence-electron chi connectivity index (χ0n) is 25.6. The van der Waals surface area contributed by atoms with Gasteiger partial charge in [-0.15, -0.1) is 0 Å². The minimum atomic E-state index is 0. The Morgan fingerprint density at radius 2 is 1.39 bits per heavy atom. The van der Waals surface area contributed by atoms with Crippen molar-refractivity contribution < 1.29 is 24.5 Å². The number of aromatic nitrogens is 3. The van der Waals surface area contributed by atoms with Gasteiger partial charge in [0.1, 0.15) is 0 Å². The summed E-state index contributed by atoms with van der Waals surface area (Å²) in [5.41, 5.74) is 13.1. The van der Waals surface area contributed by atoms with E-state index in [1.165, 1.54) is 27.9 Å². The van der Waals surface area contributed by atoms with E-state index < -0.39 is 0 Å². The van der Waals surface area contributed by atoms with Crippen molar-refractivity contribution in [2.45, 2.75) is 46.5 Å². The molecule has 0 N–H and O–H groups in total. The van der Waals surface area contributed by atoms with Gasteiger partial charge in [-0.1, -0.05) is 99.3 Å². The number of furan rings is 1. The van der Waals surface area contributed by atoms with Crippen molar-refractivity contribution >= 4 is 22.0 Å². The summed E-state index contributed by atoms with van der Waals surface area (Å²) in [4.78, 5) is 9.63. The number of hydrogen-bond donors (Lipinski definition) is 0. The van der Waals surface area contributed by atoms with E-state index in [1.54, 1.807) is 0 Å². The fourth-order valence-corrected chi connectivity index (χ4v) is 6.08. The number of hydrogen-bond acceptors (Lipinski definition) is 3. The van der Waals surface area contributed by atoms with Gasteiger partial charge in [0.15, 0.2) is 0 Å². The average Bonchev–Trinajstić information content (AvgIpc) is 3.61. The minimum Gasteiger partial charge on any atom is -0.557 e. The zero-order chi connectivity index (χ0) is 29.7. The summed E-state index contributed by atoms with van der Waals surface area (Å²) in [6.45, 7) is 11.1. The van der Waals surface area contributed by atoms with Crippen LogP contribution in [0.1, 0.15) is 56.4 Å². The molecule has 0 saturated carbocycles.